The van der Waals surface area contributed by atoms with E-state index in [0.29, 0.717) is 5.88 Å². The summed E-state index contributed by atoms with van der Waals surface area (Å²) in [6.45, 7) is 3.69. The van der Waals surface area contributed by atoms with Crippen molar-refractivity contribution in [2.45, 2.75) is 12.3 Å². The molecule has 0 fully saturated rings. The molecule has 0 heterocycles. The fraction of sp³-hybridized carbons (Fsp3) is 0.200. The lowest BCUT2D eigenvalue weighted by atomic mass is 10.1. The Morgan fingerprint density at radius 1 is 1.25 bits per heavy atom. The Balaban J connectivity index is 0.00000121. The van der Waals surface area contributed by atoms with E-state index in [0.717, 1.165) is 6.42 Å². The molecule has 0 spiro atoms. The molecule has 0 aliphatic carbocycles. The maximum Gasteiger partial charge on any atom is 0.0476 e. The van der Waals surface area contributed by atoms with Crippen LogP contribution in [0.4, 0.5) is 0 Å². The summed E-state index contributed by atoms with van der Waals surface area (Å²) in [4.78, 5) is 0. The zero-order valence-electron chi connectivity index (χ0n) is 7.09. The second-order valence-corrected chi connectivity index (χ2v) is 2.66. The average Bonchev–Trinajstić information content (AvgIpc) is 2.06. The molecular formula is C10H14ClN. The first-order valence-corrected chi connectivity index (χ1v) is 4.15. The summed E-state index contributed by atoms with van der Waals surface area (Å²) in [5.41, 5.74) is 2.48. The summed E-state index contributed by atoms with van der Waals surface area (Å²) in [5.74, 6) is 0.587. The maximum atomic E-state index is 5.73. The Hall–Kier alpha value is -0.790. The number of alkyl halides is 1. The van der Waals surface area contributed by atoms with Crippen LogP contribution in [-0.4, -0.2) is 0 Å². The predicted molar refractivity (Wildman–Crippen MR) is 54.9 cm³/mol. The van der Waals surface area contributed by atoms with E-state index in [9.17, 15) is 0 Å². The lowest BCUT2D eigenvalue weighted by Crippen LogP contribution is -1.87. The summed E-state index contributed by atoms with van der Waals surface area (Å²) in [7, 11) is 0. The van der Waals surface area contributed by atoms with Crippen LogP contribution in [0.1, 0.15) is 11.1 Å². The topological polar surface area (TPSA) is 35.0 Å². The van der Waals surface area contributed by atoms with Gasteiger partial charge in [-0.05, 0) is 17.5 Å². The summed E-state index contributed by atoms with van der Waals surface area (Å²) in [6, 6.07) is 8.16. The third-order valence-electron chi connectivity index (χ3n) is 1.63. The van der Waals surface area contributed by atoms with Crippen molar-refractivity contribution in [3.63, 3.8) is 0 Å². The van der Waals surface area contributed by atoms with Gasteiger partial charge in [-0.3, -0.25) is 0 Å². The van der Waals surface area contributed by atoms with E-state index in [2.05, 4.69) is 12.6 Å². The number of benzene rings is 1. The van der Waals surface area contributed by atoms with Crippen molar-refractivity contribution in [1.29, 1.82) is 0 Å². The summed E-state index contributed by atoms with van der Waals surface area (Å²) in [6.07, 6.45) is 2.80. The SMILES string of the molecule is C=CCc1ccccc1CCl.N. The number of halogens is 1. The van der Waals surface area contributed by atoms with Gasteiger partial charge in [-0.25, -0.2) is 0 Å². The van der Waals surface area contributed by atoms with E-state index in [1.54, 1.807) is 0 Å². The van der Waals surface area contributed by atoms with Crippen molar-refractivity contribution in [2.24, 2.45) is 0 Å². The highest BCUT2D eigenvalue weighted by molar-refractivity contribution is 6.17. The zero-order chi connectivity index (χ0) is 8.10. The van der Waals surface area contributed by atoms with E-state index < -0.39 is 0 Å². The molecule has 1 rings (SSSR count). The first kappa shape index (κ1) is 11.2. The van der Waals surface area contributed by atoms with Crippen molar-refractivity contribution in [1.82, 2.24) is 6.15 Å². The maximum absolute atomic E-state index is 5.73. The molecule has 0 saturated carbocycles. The molecule has 2 heteroatoms. The van der Waals surface area contributed by atoms with Gasteiger partial charge in [0.25, 0.3) is 0 Å². The Morgan fingerprint density at radius 3 is 2.33 bits per heavy atom. The Kier molecular flexibility index (Phi) is 5.43. The third kappa shape index (κ3) is 2.68. The molecule has 0 aliphatic rings. The molecule has 0 bridgehead atoms. The minimum Gasteiger partial charge on any atom is -0.344 e. The van der Waals surface area contributed by atoms with Gasteiger partial charge in [0.15, 0.2) is 0 Å². The lowest BCUT2D eigenvalue weighted by Gasteiger charge is -2.02. The van der Waals surface area contributed by atoms with Gasteiger partial charge in [-0.2, -0.15) is 0 Å². The molecule has 0 aromatic heterocycles. The first-order chi connectivity index (χ1) is 5.38. The quantitative estimate of drug-likeness (QED) is 0.566. The standard InChI is InChI=1S/C10H11Cl.H3N/c1-2-5-9-6-3-4-7-10(9)8-11;/h2-4,6-7H,1,5,8H2;1H3. The minimum atomic E-state index is 0. The van der Waals surface area contributed by atoms with Crippen LogP contribution in [-0.2, 0) is 12.3 Å². The fourth-order valence-corrected chi connectivity index (χ4v) is 1.30. The molecule has 0 radical (unpaired) electrons. The highest BCUT2D eigenvalue weighted by Crippen LogP contribution is 2.11. The van der Waals surface area contributed by atoms with Crippen molar-refractivity contribution in [2.75, 3.05) is 0 Å². The first-order valence-electron chi connectivity index (χ1n) is 3.62. The zero-order valence-corrected chi connectivity index (χ0v) is 7.85. The molecule has 1 nitrogen and oxygen atoms in total. The molecule has 0 unspecified atom stereocenters. The van der Waals surface area contributed by atoms with Gasteiger partial charge in [-0.15, -0.1) is 18.2 Å². The van der Waals surface area contributed by atoms with Gasteiger partial charge in [-0.1, -0.05) is 30.3 Å². The predicted octanol–water partition coefficient (Wildman–Crippen LogP) is 3.32. The van der Waals surface area contributed by atoms with Crippen LogP contribution in [0.5, 0.6) is 0 Å². The van der Waals surface area contributed by atoms with Crippen LogP contribution in [0, 0.1) is 0 Å². The normalized spacial score (nSPS) is 8.75. The van der Waals surface area contributed by atoms with Crippen LogP contribution < -0.4 is 6.15 Å². The molecule has 1 aromatic carbocycles. The van der Waals surface area contributed by atoms with Gasteiger partial charge in [0, 0.05) is 5.88 Å². The second kappa shape index (κ2) is 5.81. The van der Waals surface area contributed by atoms with Crippen LogP contribution in [0.3, 0.4) is 0 Å². The molecule has 12 heavy (non-hydrogen) atoms. The van der Waals surface area contributed by atoms with E-state index in [1.165, 1.54) is 11.1 Å². The average molecular weight is 184 g/mol. The van der Waals surface area contributed by atoms with Crippen molar-refractivity contribution >= 4 is 11.6 Å². The Morgan fingerprint density at radius 2 is 1.83 bits per heavy atom. The van der Waals surface area contributed by atoms with Crippen molar-refractivity contribution < 1.29 is 0 Å². The van der Waals surface area contributed by atoms with Crippen molar-refractivity contribution in [3.8, 4) is 0 Å². The number of hydrogen-bond donors (Lipinski definition) is 1. The molecule has 0 aliphatic heterocycles. The molecule has 1 aromatic rings. The van der Waals surface area contributed by atoms with Gasteiger partial charge < -0.3 is 6.15 Å². The monoisotopic (exact) mass is 183 g/mol. The summed E-state index contributed by atoms with van der Waals surface area (Å²) in [5, 5.41) is 0. The molecule has 0 amide bonds. The Labute approximate surface area is 78.6 Å². The van der Waals surface area contributed by atoms with Gasteiger partial charge >= 0.3 is 0 Å². The molecule has 66 valence electrons. The highest BCUT2D eigenvalue weighted by atomic mass is 35.5. The summed E-state index contributed by atoms with van der Waals surface area (Å²) >= 11 is 5.73. The molecular weight excluding hydrogens is 170 g/mol. The highest BCUT2D eigenvalue weighted by Gasteiger charge is 1.96. The number of allylic oxidation sites excluding steroid dienone is 1. The smallest absolute Gasteiger partial charge is 0.0476 e. The number of hydrogen-bond acceptors (Lipinski definition) is 1. The van der Waals surface area contributed by atoms with E-state index in [4.69, 9.17) is 11.6 Å². The lowest BCUT2D eigenvalue weighted by molar-refractivity contribution is 1.20. The van der Waals surface area contributed by atoms with Crippen LogP contribution in [0.25, 0.3) is 0 Å². The van der Waals surface area contributed by atoms with Crippen LogP contribution >= 0.6 is 11.6 Å². The van der Waals surface area contributed by atoms with Crippen LogP contribution in [0.2, 0.25) is 0 Å². The Bertz CT molecular complexity index is 245. The third-order valence-corrected chi connectivity index (χ3v) is 1.91. The van der Waals surface area contributed by atoms with Gasteiger partial charge in [0.1, 0.15) is 0 Å². The fourth-order valence-electron chi connectivity index (χ4n) is 1.04. The van der Waals surface area contributed by atoms with E-state index in [1.807, 2.05) is 24.3 Å². The summed E-state index contributed by atoms with van der Waals surface area (Å²) < 4.78 is 0. The number of rotatable bonds is 3. The second-order valence-electron chi connectivity index (χ2n) is 2.40. The molecule has 3 N–H and O–H groups in total. The van der Waals surface area contributed by atoms with E-state index >= 15 is 0 Å². The van der Waals surface area contributed by atoms with Gasteiger partial charge in [0.05, 0.1) is 0 Å². The largest absolute Gasteiger partial charge is 0.344 e. The molecule has 0 atom stereocenters. The van der Waals surface area contributed by atoms with E-state index in [-0.39, 0.29) is 6.15 Å². The van der Waals surface area contributed by atoms with Crippen molar-refractivity contribution in [3.05, 3.63) is 48.0 Å². The molecule has 0 saturated heterocycles. The minimum absolute atomic E-state index is 0. The van der Waals surface area contributed by atoms with Crippen LogP contribution in [0.15, 0.2) is 36.9 Å². The van der Waals surface area contributed by atoms with Gasteiger partial charge in [0.2, 0.25) is 0 Å².